The second-order valence-electron chi connectivity index (χ2n) is 4.96. The van der Waals surface area contributed by atoms with Crippen LogP contribution in [0.1, 0.15) is 11.6 Å². The van der Waals surface area contributed by atoms with E-state index in [-0.39, 0.29) is 11.9 Å². The zero-order chi connectivity index (χ0) is 14.3. The Balaban J connectivity index is 1.99. The van der Waals surface area contributed by atoms with Gasteiger partial charge < -0.3 is 4.74 Å². The second kappa shape index (κ2) is 4.72. The highest BCUT2D eigenvalue weighted by Gasteiger charge is 2.58. The van der Waals surface area contributed by atoms with E-state index in [4.69, 9.17) is 4.74 Å². The molecule has 4 atom stereocenters. The molecule has 2 heterocycles. The van der Waals surface area contributed by atoms with Crippen molar-refractivity contribution in [2.24, 2.45) is 11.8 Å². The van der Waals surface area contributed by atoms with Crippen molar-refractivity contribution >= 4 is 17.8 Å². The van der Waals surface area contributed by atoms with Gasteiger partial charge in [-0.2, -0.15) is 0 Å². The Bertz CT molecular complexity index is 572. The van der Waals surface area contributed by atoms with Gasteiger partial charge in [-0.1, -0.05) is 30.3 Å². The number of amides is 2. The normalized spacial score (nSPS) is 31.9. The molecule has 104 valence electrons. The molecule has 6 nitrogen and oxygen atoms in total. The molecule has 2 aliphatic rings. The highest BCUT2D eigenvalue weighted by atomic mass is 16.5. The van der Waals surface area contributed by atoms with E-state index < -0.39 is 29.8 Å². The third-order valence-corrected chi connectivity index (χ3v) is 3.93. The van der Waals surface area contributed by atoms with Gasteiger partial charge in [0, 0.05) is 6.04 Å². The topological polar surface area (TPSA) is 84.5 Å². The number of imide groups is 1. The first-order valence-corrected chi connectivity index (χ1v) is 6.37. The molecule has 1 aromatic rings. The van der Waals surface area contributed by atoms with E-state index in [1.165, 1.54) is 7.11 Å². The molecular formula is C14H14N2O4. The average Bonchev–Trinajstić information content (AvgIpc) is 2.99. The van der Waals surface area contributed by atoms with Gasteiger partial charge in [0.2, 0.25) is 11.8 Å². The molecule has 1 aromatic carbocycles. The molecule has 2 fully saturated rings. The molecule has 0 spiro atoms. The standard InChI is InChI=1S/C14H14N2O4/c1-20-14(19)11-9-8(12(17)16-13(9)18)10(15-11)7-5-3-2-4-6-7/h2-6,8-11,15H,1H3,(H,16,17,18)/t8-,9+,10-,11-/m0/s1. The van der Waals surface area contributed by atoms with Gasteiger partial charge in [-0.05, 0) is 5.56 Å². The molecular weight excluding hydrogens is 260 g/mol. The first-order chi connectivity index (χ1) is 9.63. The third kappa shape index (κ3) is 1.80. The number of ether oxygens (including phenoxy) is 1. The van der Waals surface area contributed by atoms with E-state index >= 15 is 0 Å². The molecule has 2 aliphatic heterocycles. The molecule has 2 amide bonds. The fourth-order valence-corrected chi connectivity index (χ4v) is 3.04. The van der Waals surface area contributed by atoms with Crippen LogP contribution in [0.3, 0.4) is 0 Å². The summed E-state index contributed by atoms with van der Waals surface area (Å²) >= 11 is 0. The molecule has 20 heavy (non-hydrogen) atoms. The van der Waals surface area contributed by atoms with Crippen LogP contribution in [0.4, 0.5) is 0 Å². The number of hydrogen-bond donors (Lipinski definition) is 2. The number of nitrogens with one attached hydrogen (secondary N) is 2. The average molecular weight is 274 g/mol. The maximum absolute atomic E-state index is 12.0. The first kappa shape index (κ1) is 12.8. The highest BCUT2D eigenvalue weighted by Crippen LogP contribution is 2.40. The van der Waals surface area contributed by atoms with E-state index in [0.29, 0.717) is 0 Å². The monoisotopic (exact) mass is 274 g/mol. The van der Waals surface area contributed by atoms with Crippen LogP contribution < -0.4 is 10.6 Å². The Hall–Kier alpha value is -2.21. The zero-order valence-electron chi connectivity index (χ0n) is 10.8. The summed E-state index contributed by atoms with van der Waals surface area (Å²) in [4.78, 5) is 35.7. The number of carbonyl (C=O) groups excluding carboxylic acids is 3. The Kier molecular flexibility index (Phi) is 3.02. The number of hydrogen-bond acceptors (Lipinski definition) is 5. The van der Waals surface area contributed by atoms with E-state index in [2.05, 4.69) is 10.6 Å². The molecule has 0 saturated carbocycles. The number of fused-ring (bicyclic) bond motifs is 1. The van der Waals surface area contributed by atoms with Crippen LogP contribution in [-0.4, -0.2) is 30.9 Å². The van der Waals surface area contributed by atoms with Crippen molar-refractivity contribution in [2.45, 2.75) is 12.1 Å². The Morgan fingerprint density at radius 2 is 1.75 bits per heavy atom. The van der Waals surface area contributed by atoms with Crippen LogP contribution in [0, 0.1) is 11.8 Å². The van der Waals surface area contributed by atoms with Crippen molar-refractivity contribution in [3.05, 3.63) is 35.9 Å². The van der Waals surface area contributed by atoms with Gasteiger partial charge in [0.25, 0.3) is 0 Å². The first-order valence-electron chi connectivity index (χ1n) is 6.37. The molecule has 0 unspecified atom stereocenters. The summed E-state index contributed by atoms with van der Waals surface area (Å²) in [5, 5.41) is 5.37. The lowest BCUT2D eigenvalue weighted by molar-refractivity contribution is -0.145. The van der Waals surface area contributed by atoms with Gasteiger partial charge in [0.05, 0.1) is 18.9 Å². The lowest BCUT2D eigenvalue weighted by Crippen LogP contribution is -2.42. The van der Waals surface area contributed by atoms with Crippen molar-refractivity contribution in [1.82, 2.24) is 10.6 Å². The zero-order valence-corrected chi connectivity index (χ0v) is 10.8. The third-order valence-electron chi connectivity index (χ3n) is 3.93. The SMILES string of the molecule is COC(=O)[C@H]1N[C@@H](c2ccccc2)[C@H]2C(=O)NC(=O)[C@H]21. The van der Waals surface area contributed by atoms with Crippen molar-refractivity contribution in [3.63, 3.8) is 0 Å². The van der Waals surface area contributed by atoms with E-state index in [9.17, 15) is 14.4 Å². The Morgan fingerprint density at radius 1 is 1.10 bits per heavy atom. The summed E-state index contributed by atoms with van der Waals surface area (Å²) in [6.45, 7) is 0. The lowest BCUT2D eigenvalue weighted by atomic mass is 9.86. The smallest absolute Gasteiger partial charge is 0.323 e. The van der Waals surface area contributed by atoms with E-state index in [1.54, 1.807) is 0 Å². The number of carbonyl (C=O) groups is 3. The van der Waals surface area contributed by atoms with Gasteiger partial charge in [0.15, 0.2) is 0 Å². The quantitative estimate of drug-likeness (QED) is 0.574. The van der Waals surface area contributed by atoms with Crippen LogP contribution >= 0.6 is 0 Å². The fraction of sp³-hybridized carbons (Fsp3) is 0.357. The number of esters is 1. The van der Waals surface area contributed by atoms with Crippen LogP contribution in [0.15, 0.2) is 30.3 Å². The summed E-state index contributed by atoms with van der Waals surface area (Å²) in [6, 6.07) is 8.15. The number of rotatable bonds is 2. The molecule has 2 saturated heterocycles. The molecule has 0 aliphatic carbocycles. The van der Waals surface area contributed by atoms with Crippen LogP contribution in [0.5, 0.6) is 0 Å². The van der Waals surface area contributed by atoms with Crippen molar-refractivity contribution in [2.75, 3.05) is 7.11 Å². The van der Waals surface area contributed by atoms with Crippen LogP contribution in [-0.2, 0) is 19.1 Å². The molecule has 6 heteroatoms. The lowest BCUT2D eigenvalue weighted by Gasteiger charge is -2.16. The van der Waals surface area contributed by atoms with Gasteiger partial charge in [0.1, 0.15) is 6.04 Å². The highest BCUT2D eigenvalue weighted by molar-refractivity contribution is 6.08. The summed E-state index contributed by atoms with van der Waals surface area (Å²) in [5.41, 5.74) is 0.874. The number of methoxy groups -OCH3 is 1. The number of benzene rings is 1. The summed E-state index contributed by atoms with van der Waals surface area (Å²) in [6.07, 6.45) is 0. The van der Waals surface area contributed by atoms with Gasteiger partial charge in [-0.3, -0.25) is 25.0 Å². The minimum atomic E-state index is -0.790. The maximum Gasteiger partial charge on any atom is 0.323 e. The van der Waals surface area contributed by atoms with Crippen molar-refractivity contribution < 1.29 is 19.1 Å². The summed E-state index contributed by atoms with van der Waals surface area (Å²) in [5.74, 6) is -2.56. The van der Waals surface area contributed by atoms with Gasteiger partial charge >= 0.3 is 5.97 Å². The molecule has 0 bridgehead atoms. The predicted octanol–water partition coefficient (Wildman–Crippen LogP) is -0.239. The molecule has 3 rings (SSSR count). The summed E-state index contributed by atoms with van der Waals surface area (Å²) in [7, 11) is 1.27. The fourth-order valence-electron chi connectivity index (χ4n) is 3.04. The van der Waals surface area contributed by atoms with Gasteiger partial charge in [-0.15, -0.1) is 0 Å². The largest absolute Gasteiger partial charge is 0.468 e. The van der Waals surface area contributed by atoms with E-state index in [1.807, 2.05) is 30.3 Å². The minimum Gasteiger partial charge on any atom is -0.468 e. The minimum absolute atomic E-state index is 0.340. The van der Waals surface area contributed by atoms with Crippen molar-refractivity contribution in [3.8, 4) is 0 Å². The molecule has 0 aromatic heterocycles. The van der Waals surface area contributed by atoms with Crippen molar-refractivity contribution in [1.29, 1.82) is 0 Å². The Morgan fingerprint density at radius 3 is 2.40 bits per heavy atom. The second-order valence-corrected chi connectivity index (χ2v) is 4.96. The van der Waals surface area contributed by atoms with E-state index in [0.717, 1.165) is 5.56 Å². The molecule has 0 radical (unpaired) electrons. The van der Waals surface area contributed by atoms with Crippen LogP contribution in [0.2, 0.25) is 0 Å². The maximum atomic E-state index is 12.0. The molecule has 2 N–H and O–H groups in total. The predicted molar refractivity (Wildman–Crippen MR) is 68.3 cm³/mol. The van der Waals surface area contributed by atoms with Crippen LogP contribution in [0.25, 0.3) is 0 Å². The Labute approximate surface area is 115 Å². The summed E-state index contributed by atoms with van der Waals surface area (Å²) < 4.78 is 4.72. The van der Waals surface area contributed by atoms with Gasteiger partial charge in [-0.25, -0.2) is 0 Å².